The van der Waals surface area contributed by atoms with Gasteiger partial charge in [0.1, 0.15) is 5.60 Å². The third-order valence-corrected chi connectivity index (χ3v) is 8.66. The Kier molecular flexibility index (Phi) is 9.74. The maximum Gasteiger partial charge on any atom is 0.259 e. The van der Waals surface area contributed by atoms with Crippen LogP contribution < -0.4 is 5.14 Å². The highest BCUT2D eigenvalue weighted by Gasteiger charge is 2.27. The van der Waals surface area contributed by atoms with Gasteiger partial charge in [0.05, 0.1) is 17.8 Å². The second-order valence-corrected chi connectivity index (χ2v) is 13.7. The Hall–Kier alpha value is -3.29. The molecule has 1 unspecified atom stereocenters. The highest BCUT2D eigenvalue weighted by molar-refractivity contribution is 7.91. The molecule has 224 valence electrons. The first kappa shape index (κ1) is 31.6. The van der Waals surface area contributed by atoms with Crippen LogP contribution in [0, 0.1) is 17.8 Å². The van der Waals surface area contributed by atoms with Crippen LogP contribution in [0.2, 0.25) is 0 Å². The molecule has 1 aliphatic heterocycles. The highest BCUT2D eigenvalue weighted by atomic mass is 32.2. The van der Waals surface area contributed by atoms with Crippen molar-refractivity contribution in [1.29, 1.82) is 0 Å². The zero-order valence-corrected chi connectivity index (χ0v) is 26.2. The van der Waals surface area contributed by atoms with Gasteiger partial charge in [-0.15, -0.1) is 4.36 Å². The first-order chi connectivity index (χ1) is 19.8. The molecule has 4 rings (SSSR count). The van der Waals surface area contributed by atoms with Crippen molar-refractivity contribution in [2.75, 3.05) is 13.2 Å². The summed E-state index contributed by atoms with van der Waals surface area (Å²) in [4.78, 5) is 13.4. The smallest absolute Gasteiger partial charge is 0.259 e. The summed E-state index contributed by atoms with van der Waals surface area (Å²) in [5, 5.41) is 21.3. The van der Waals surface area contributed by atoms with Crippen LogP contribution >= 0.6 is 0 Å². The molecule has 0 saturated carbocycles. The summed E-state index contributed by atoms with van der Waals surface area (Å²) in [5.74, 6) is 6.78. The molecular weight excluding hydrogens is 548 g/mol. The van der Waals surface area contributed by atoms with Crippen LogP contribution in [0.15, 0.2) is 57.9 Å². The number of nitrogens with zero attached hydrogens (tertiary/aromatic N) is 3. The Morgan fingerprint density at radius 2 is 1.71 bits per heavy atom. The summed E-state index contributed by atoms with van der Waals surface area (Å²) in [6.45, 7) is 13.0. The van der Waals surface area contributed by atoms with Crippen molar-refractivity contribution in [2.24, 2.45) is 15.4 Å². The Labute approximate surface area is 250 Å². The number of rotatable bonds is 7. The van der Waals surface area contributed by atoms with Crippen LogP contribution in [0.25, 0.3) is 5.69 Å². The molecule has 3 aromatic rings. The maximum absolute atomic E-state index is 13.6. The molecule has 1 atom stereocenters. The van der Waals surface area contributed by atoms with E-state index in [0.717, 1.165) is 48.3 Å². The second kappa shape index (κ2) is 12.9. The molecule has 1 aromatic heterocycles. The van der Waals surface area contributed by atoms with Crippen LogP contribution in [0.1, 0.15) is 94.2 Å². The first-order valence-corrected chi connectivity index (χ1v) is 16.1. The lowest BCUT2D eigenvalue weighted by atomic mass is 9.85. The topological polar surface area (TPSA) is 120 Å². The summed E-state index contributed by atoms with van der Waals surface area (Å²) in [7, 11) is -3.70. The van der Waals surface area contributed by atoms with Gasteiger partial charge in [0, 0.05) is 30.8 Å². The van der Waals surface area contributed by atoms with Crippen molar-refractivity contribution >= 4 is 15.8 Å². The molecule has 1 aliphatic rings. The largest absolute Gasteiger partial charge is 0.384 e. The fourth-order valence-electron chi connectivity index (χ4n) is 5.14. The lowest BCUT2D eigenvalue weighted by Crippen LogP contribution is -2.20. The van der Waals surface area contributed by atoms with E-state index in [4.69, 9.17) is 9.88 Å². The normalized spacial score (nSPS) is 15.8. The minimum atomic E-state index is -3.70. The fourth-order valence-corrected chi connectivity index (χ4v) is 6.08. The molecule has 2 heterocycles. The number of hydrogen-bond acceptors (Lipinski definition) is 5. The maximum atomic E-state index is 13.6. The Morgan fingerprint density at radius 3 is 2.26 bits per heavy atom. The van der Waals surface area contributed by atoms with Gasteiger partial charge in [-0.3, -0.25) is 4.79 Å². The van der Waals surface area contributed by atoms with Crippen molar-refractivity contribution in [3.05, 3.63) is 76.5 Å². The number of hydrogen-bond donors (Lipinski definition) is 2. The minimum absolute atomic E-state index is 0.0410. The number of carbonyl (C=O) groups excluding carboxylic acids is 1. The summed E-state index contributed by atoms with van der Waals surface area (Å²) < 4.78 is 24.6. The lowest BCUT2D eigenvalue weighted by Gasteiger charge is -2.20. The van der Waals surface area contributed by atoms with E-state index in [1.165, 1.54) is 10.7 Å². The predicted octanol–water partition coefficient (Wildman–Crippen LogP) is 5.59. The van der Waals surface area contributed by atoms with E-state index in [1.54, 1.807) is 13.8 Å². The molecule has 0 spiro atoms. The zero-order chi connectivity index (χ0) is 30.7. The van der Waals surface area contributed by atoms with E-state index in [-0.39, 0.29) is 23.3 Å². The fraction of sp³-hybridized carbons (Fsp3) is 0.455. The van der Waals surface area contributed by atoms with Crippen LogP contribution in [0.5, 0.6) is 0 Å². The van der Waals surface area contributed by atoms with Gasteiger partial charge in [-0.25, -0.2) is 14.0 Å². The molecule has 0 bridgehead atoms. The lowest BCUT2D eigenvalue weighted by molar-refractivity contribution is -0.117. The Bertz CT molecular complexity index is 1580. The SMILES string of the molecule is CC(C)c1cc(C#CC2CCOCC2)cc(C(C)C)c1CC(=O)N=S(N)(=O)c1cc(C(C)(C)O)n(-c2ccccc2)n1. The number of amides is 1. The number of ether oxygens (including phenoxy) is 1. The molecule has 9 heteroatoms. The molecule has 2 aromatic carbocycles. The van der Waals surface area contributed by atoms with E-state index in [0.29, 0.717) is 17.3 Å². The third kappa shape index (κ3) is 7.56. The zero-order valence-electron chi connectivity index (χ0n) is 25.4. The number of aliphatic hydroxyl groups is 1. The van der Waals surface area contributed by atoms with E-state index in [9.17, 15) is 14.1 Å². The van der Waals surface area contributed by atoms with Crippen molar-refractivity contribution < 1.29 is 18.8 Å². The van der Waals surface area contributed by atoms with Gasteiger partial charge in [0.15, 0.2) is 14.9 Å². The van der Waals surface area contributed by atoms with Gasteiger partial charge in [0.2, 0.25) is 0 Å². The molecule has 8 nitrogen and oxygen atoms in total. The summed E-state index contributed by atoms with van der Waals surface area (Å²) in [5.41, 5.74) is 3.55. The van der Waals surface area contributed by atoms with Crippen molar-refractivity contribution in [3.8, 4) is 17.5 Å². The average molecular weight is 591 g/mol. The van der Waals surface area contributed by atoms with Gasteiger partial charge in [0.25, 0.3) is 5.91 Å². The number of carbonyl (C=O) groups is 1. The molecule has 42 heavy (non-hydrogen) atoms. The van der Waals surface area contributed by atoms with E-state index in [2.05, 4.69) is 61.1 Å². The minimum Gasteiger partial charge on any atom is -0.384 e. The van der Waals surface area contributed by atoms with Crippen LogP contribution in [-0.2, 0) is 31.5 Å². The number of nitrogens with two attached hydrogens (primary N) is 1. The molecule has 0 radical (unpaired) electrons. The average Bonchev–Trinajstić information content (AvgIpc) is 3.40. The molecule has 3 N–H and O–H groups in total. The standard InChI is InChI=1S/C33H42N4O4S/c1-22(2)27-18-25(13-12-24-14-16-41-17-15-24)19-28(23(3)4)29(27)20-31(38)36-42(34,40)32-21-30(33(5,6)39)37(35-32)26-10-8-7-9-11-26/h7-11,18-19,21-24,39H,14-17,20H2,1-6H3,(H2,34,36,38,40). The number of benzene rings is 2. The van der Waals surface area contributed by atoms with Gasteiger partial charge >= 0.3 is 0 Å². The molecule has 1 fully saturated rings. The van der Waals surface area contributed by atoms with Gasteiger partial charge in [-0.05, 0) is 79.5 Å². The van der Waals surface area contributed by atoms with E-state index < -0.39 is 21.4 Å². The Morgan fingerprint density at radius 1 is 1.12 bits per heavy atom. The third-order valence-electron chi connectivity index (χ3n) is 7.38. The van der Waals surface area contributed by atoms with Crippen LogP contribution in [-0.4, -0.2) is 38.2 Å². The summed E-state index contributed by atoms with van der Waals surface area (Å²) in [6.07, 6.45) is 1.84. The van der Waals surface area contributed by atoms with E-state index in [1.807, 2.05) is 30.3 Å². The van der Waals surface area contributed by atoms with Gasteiger partial charge in [-0.1, -0.05) is 57.7 Å². The first-order valence-electron chi connectivity index (χ1n) is 14.5. The number of aromatic nitrogens is 2. The van der Waals surface area contributed by atoms with Gasteiger partial charge < -0.3 is 9.84 Å². The summed E-state index contributed by atoms with van der Waals surface area (Å²) in [6, 6.07) is 14.7. The van der Waals surface area contributed by atoms with Crippen molar-refractivity contribution in [3.63, 3.8) is 0 Å². The number of para-hydroxylation sites is 1. The Balaban J connectivity index is 1.70. The predicted molar refractivity (Wildman–Crippen MR) is 166 cm³/mol. The van der Waals surface area contributed by atoms with Crippen LogP contribution in [0.3, 0.4) is 0 Å². The quantitative estimate of drug-likeness (QED) is 0.348. The molecule has 1 saturated heterocycles. The molecule has 1 amide bonds. The van der Waals surface area contributed by atoms with Gasteiger partial charge in [-0.2, -0.15) is 5.10 Å². The van der Waals surface area contributed by atoms with E-state index >= 15 is 0 Å². The molecule has 0 aliphatic carbocycles. The summed E-state index contributed by atoms with van der Waals surface area (Å²) >= 11 is 0. The monoisotopic (exact) mass is 590 g/mol. The second-order valence-electron chi connectivity index (χ2n) is 12.0. The van der Waals surface area contributed by atoms with Crippen LogP contribution in [0.4, 0.5) is 0 Å². The highest BCUT2D eigenvalue weighted by Crippen LogP contribution is 2.31. The van der Waals surface area contributed by atoms with Crippen molar-refractivity contribution in [1.82, 2.24) is 9.78 Å². The molecular formula is C33H42N4O4S. The van der Waals surface area contributed by atoms with Crippen molar-refractivity contribution in [2.45, 2.75) is 83.3 Å².